The van der Waals surface area contributed by atoms with Crippen LogP contribution >= 0.6 is 39.7 Å². The summed E-state index contributed by atoms with van der Waals surface area (Å²) in [6.45, 7) is 0. The second-order valence-electron chi connectivity index (χ2n) is 4.14. The molecule has 2 aromatic rings. The molecule has 21 heavy (non-hydrogen) atoms. The number of amides is 1. The number of carbonyl (C=O) groups excluding carboxylic acids is 1. The van der Waals surface area contributed by atoms with Gasteiger partial charge in [0.15, 0.2) is 0 Å². The van der Waals surface area contributed by atoms with Crippen LogP contribution < -0.4 is 11.1 Å². The number of nitrogens with one attached hydrogen (secondary N) is 1. The summed E-state index contributed by atoms with van der Waals surface area (Å²) in [7, 11) is 0. The zero-order valence-corrected chi connectivity index (χ0v) is 13.7. The Morgan fingerprint density at radius 3 is 2.62 bits per heavy atom. The zero-order chi connectivity index (χ0) is 15.6. The lowest BCUT2D eigenvalue weighted by atomic mass is 10.1. The minimum absolute atomic E-state index is 0.199. The molecule has 0 heterocycles. The first-order valence-electron chi connectivity index (χ1n) is 5.74. The minimum atomic E-state index is -0.438. The molecule has 3 nitrogen and oxygen atoms in total. The zero-order valence-electron chi connectivity index (χ0n) is 10.5. The summed E-state index contributed by atoms with van der Waals surface area (Å²) in [4.78, 5) is 12.4. The number of benzene rings is 2. The number of nitrogens with two attached hydrogens (primary N) is 1. The molecule has 2 aromatic carbocycles. The van der Waals surface area contributed by atoms with Gasteiger partial charge >= 0.3 is 0 Å². The maximum atomic E-state index is 13.0. The minimum Gasteiger partial charge on any atom is -0.389 e. The third-order valence-electron chi connectivity index (χ3n) is 2.67. The number of rotatable bonds is 3. The molecule has 0 radical (unpaired) electrons. The van der Waals surface area contributed by atoms with Crippen LogP contribution in [-0.4, -0.2) is 10.9 Å². The highest BCUT2D eigenvalue weighted by molar-refractivity contribution is 9.10. The molecule has 1 amide bonds. The Labute approximate surface area is 139 Å². The van der Waals surface area contributed by atoms with Crippen molar-refractivity contribution < 1.29 is 9.18 Å². The Morgan fingerprint density at radius 1 is 1.29 bits per heavy atom. The number of hydrogen-bond donors (Lipinski definition) is 2. The van der Waals surface area contributed by atoms with Gasteiger partial charge in [-0.15, -0.1) is 0 Å². The predicted molar refractivity (Wildman–Crippen MR) is 89.4 cm³/mol. The maximum absolute atomic E-state index is 13.0. The number of hydrogen-bond acceptors (Lipinski definition) is 2. The fourth-order valence-corrected chi connectivity index (χ4v) is 2.46. The summed E-state index contributed by atoms with van der Waals surface area (Å²) in [6, 6.07) is 8.62. The average molecular weight is 388 g/mol. The fourth-order valence-electron chi connectivity index (χ4n) is 1.64. The summed E-state index contributed by atoms with van der Waals surface area (Å²) in [5.74, 6) is -0.865. The third-order valence-corrected chi connectivity index (χ3v) is 3.90. The van der Waals surface area contributed by atoms with Crippen LogP contribution in [0.5, 0.6) is 0 Å². The summed E-state index contributed by atoms with van der Waals surface area (Å²) in [6.07, 6.45) is 0. The lowest BCUT2D eigenvalue weighted by molar-refractivity contribution is 0.102. The predicted octanol–water partition coefficient (Wildman–Crippen LogP) is 4.13. The topological polar surface area (TPSA) is 55.1 Å². The van der Waals surface area contributed by atoms with E-state index in [4.69, 9.17) is 29.6 Å². The van der Waals surface area contributed by atoms with E-state index >= 15 is 0 Å². The van der Waals surface area contributed by atoms with Crippen molar-refractivity contribution in [3.05, 3.63) is 62.8 Å². The molecule has 7 heteroatoms. The molecule has 0 aliphatic carbocycles. The molecule has 0 unspecified atom stereocenters. The first kappa shape index (κ1) is 15.9. The van der Waals surface area contributed by atoms with Gasteiger partial charge in [-0.25, -0.2) is 4.39 Å². The van der Waals surface area contributed by atoms with Gasteiger partial charge in [-0.05, 0) is 46.3 Å². The van der Waals surface area contributed by atoms with Gasteiger partial charge in [0.25, 0.3) is 5.91 Å². The van der Waals surface area contributed by atoms with E-state index in [1.807, 2.05) is 0 Å². The fraction of sp³-hybridized carbons (Fsp3) is 0. The molecule has 108 valence electrons. The normalized spacial score (nSPS) is 10.2. The average Bonchev–Trinajstić information content (AvgIpc) is 2.40. The molecular formula is C14H9BrClFN2OS. The van der Waals surface area contributed by atoms with E-state index in [9.17, 15) is 9.18 Å². The van der Waals surface area contributed by atoms with Crippen molar-refractivity contribution in [2.75, 3.05) is 5.32 Å². The number of halogens is 3. The quantitative estimate of drug-likeness (QED) is 0.779. The van der Waals surface area contributed by atoms with E-state index in [0.29, 0.717) is 20.7 Å². The summed E-state index contributed by atoms with van der Waals surface area (Å²) >= 11 is 14.0. The molecule has 3 N–H and O–H groups in total. The van der Waals surface area contributed by atoms with Crippen LogP contribution in [0.3, 0.4) is 0 Å². The Hall–Kier alpha value is -1.50. The van der Waals surface area contributed by atoms with Crippen molar-refractivity contribution in [2.45, 2.75) is 0 Å². The van der Waals surface area contributed by atoms with Gasteiger partial charge in [0.05, 0.1) is 16.3 Å². The molecule has 2 rings (SSSR count). The summed E-state index contributed by atoms with van der Waals surface area (Å²) in [5, 5.41) is 2.99. The SMILES string of the molecule is NC(=S)c1ccc(Cl)c(NC(=O)c2ccc(F)cc2Br)c1. The van der Waals surface area contributed by atoms with Crippen LogP contribution in [0, 0.1) is 5.82 Å². The monoisotopic (exact) mass is 386 g/mol. The number of carbonyl (C=O) groups is 1. The van der Waals surface area contributed by atoms with E-state index in [1.54, 1.807) is 18.2 Å². The molecule has 0 spiro atoms. The van der Waals surface area contributed by atoms with Crippen LogP contribution in [0.4, 0.5) is 10.1 Å². The van der Waals surface area contributed by atoms with E-state index in [-0.39, 0.29) is 10.6 Å². The van der Waals surface area contributed by atoms with Gasteiger partial charge in [0.2, 0.25) is 0 Å². The highest BCUT2D eigenvalue weighted by atomic mass is 79.9. The molecule has 0 aromatic heterocycles. The second-order valence-corrected chi connectivity index (χ2v) is 5.84. The third kappa shape index (κ3) is 3.78. The largest absolute Gasteiger partial charge is 0.389 e. The molecule has 0 saturated carbocycles. The second kappa shape index (κ2) is 6.51. The van der Waals surface area contributed by atoms with Crippen LogP contribution in [0.2, 0.25) is 5.02 Å². The van der Waals surface area contributed by atoms with Crippen LogP contribution in [0.1, 0.15) is 15.9 Å². The molecule has 0 aliphatic rings. The van der Waals surface area contributed by atoms with Crippen molar-refractivity contribution in [2.24, 2.45) is 5.73 Å². The van der Waals surface area contributed by atoms with Crippen molar-refractivity contribution in [3.8, 4) is 0 Å². The summed E-state index contributed by atoms with van der Waals surface area (Å²) in [5.41, 5.74) is 6.79. The molecule has 0 bridgehead atoms. The first-order valence-corrected chi connectivity index (χ1v) is 7.32. The van der Waals surface area contributed by atoms with Crippen LogP contribution in [0.15, 0.2) is 40.9 Å². The van der Waals surface area contributed by atoms with Gasteiger partial charge in [0.1, 0.15) is 10.8 Å². The smallest absolute Gasteiger partial charge is 0.256 e. The van der Waals surface area contributed by atoms with E-state index < -0.39 is 11.7 Å². The Kier molecular flexibility index (Phi) is 4.92. The van der Waals surface area contributed by atoms with Crippen LogP contribution in [0.25, 0.3) is 0 Å². The highest BCUT2D eigenvalue weighted by Gasteiger charge is 2.13. The Morgan fingerprint density at radius 2 is 2.00 bits per heavy atom. The Balaban J connectivity index is 2.31. The number of thiocarbonyl (C=S) groups is 1. The lowest BCUT2D eigenvalue weighted by Gasteiger charge is -2.10. The molecule has 0 saturated heterocycles. The highest BCUT2D eigenvalue weighted by Crippen LogP contribution is 2.25. The van der Waals surface area contributed by atoms with E-state index in [2.05, 4.69) is 21.2 Å². The van der Waals surface area contributed by atoms with Gasteiger partial charge in [-0.2, -0.15) is 0 Å². The Bertz CT molecular complexity index is 739. The van der Waals surface area contributed by atoms with Gasteiger partial charge in [0, 0.05) is 10.0 Å². The number of anilines is 1. The van der Waals surface area contributed by atoms with E-state index in [1.165, 1.54) is 18.2 Å². The molecule has 0 fully saturated rings. The first-order chi connectivity index (χ1) is 9.88. The molecular weight excluding hydrogens is 379 g/mol. The van der Waals surface area contributed by atoms with E-state index in [0.717, 1.165) is 0 Å². The van der Waals surface area contributed by atoms with Gasteiger partial charge < -0.3 is 11.1 Å². The molecule has 0 aliphatic heterocycles. The summed E-state index contributed by atoms with van der Waals surface area (Å²) < 4.78 is 13.4. The van der Waals surface area contributed by atoms with Crippen molar-refractivity contribution in [1.82, 2.24) is 0 Å². The lowest BCUT2D eigenvalue weighted by Crippen LogP contribution is -2.15. The van der Waals surface area contributed by atoms with Crippen molar-refractivity contribution >= 4 is 56.3 Å². The maximum Gasteiger partial charge on any atom is 0.256 e. The van der Waals surface area contributed by atoms with Gasteiger partial charge in [-0.3, -0.25) is 4.79 Å². The van der Waals surface area contributed by atoms with Crippen molar-refractivity contribution in [1.29, 1.82) is 0 Å². The van der Waals surface area contributed by atoms with Gasteiger partial charge in [-0.1, -0.05) is 29.9 Å². The van der Waals surface area contributed by atoms with Crippen LogP contribution in [-0.2, 0) is 0 Å². The molecule has 0 atom stereocenters. The standard InChI is InChI=1S/C14H9BrClFN2OS/c15-10-6-8(17)2-3-9(10)14(20)19-12-5-7(13(18)21)1-4-11(12)16/h1-6H,(H2,18,21)(H,19,20). The van der Waals surface area contributed by atoms with Crippen molar-refractivity contribution in [3.63, 3.8) is 0 Å².